The number of aromatic nitrogens is 1. The highest BCUT2D eigenvalue weighted by Gasteiger charge is 2.29. The van der Waals surface area contributed by atoms with Crippen molar-refractivity contribution >= 4 is 42.1 Å². The lowest BCUT2D eigenvalue weighted by molar-refractivity contribution is -0.134. The Labute approximate surface area is 165 Å². The van der Waals surface area contributed by atoms with E-state index in [2.05, 4.69) is 12.3 Å². The average molecular weight is 402 g/mol. The lowest BCUT2D eigenvalue weighted by Crippen LogP contribution is -2.43. The maximum Gasteiger partial charge on any atom is 0.244 e. The van der Waals surface area contributed by atoms with Crippen molar-refractivity contribution in [2.75, 3.05) is 13.1 Å². The van der Waals surface area contributed by atoms with E-state index in [1.54, 1.807) is 11.3 Å². The molecule has 1 aromatic heterocycles. The number of hydrogen-bond donors (Lipinski definition) is 1. The molecule has 1 saturated heterocycles. The smallest absolute Gasteiger partial charge is 0.244 e. The predicted molar refractivity (Wildman–Crippen MR) is 108 cm³/mol. The molecule has 2 atom stereocenters. The van der Waals surface area contributed by atoms with E-state index in [1.807, 2.05) is 35.2 Å². The van der Waals surface area contributed by atoms with Crippen molar-refractivity contribution in [1.82, 2.24) is 9.88 Å². The fraction of sp³-hybridized carbons (Fsp3) is 0.444. The average Bonchev–Trinajstić information content (AvgIpc) is 3.10. The van der Waals surface area contributed by atoms with Crippen molar-refractivity contribution < 1.29 is 4.79 Å². The summed E-state index contributed by atoms with van der Waals surface area (Å²) in [5.74, 6) is 0.370. The van der Waals surface area contributed by atoms with Gasteiger partial charge in [0, 0.05) is 24.4 Å². The Morgan fingerprint density at radius 3 is 2.72 bits per heavy atom. The van der Waals surface area contributed by atoms with Gasteiger partial charge in [-0.25, -0.2) is 4.98 Å². The van der Waals surface area contributed by atoms with Crippen LogP contribution in [-0.2, 0) is 11.2 Å². The van der Waals surface area contributed by atoms with Crippen LogP contribution >= 0.6 is 36.2 Å². The highest BCUT2D eigenvalue weighted by atomic mass is 35.5. The molecule has 0 saturated carbocycles. The second kappa shape index (κ2) is 10.1. The van der Waals surface area contributed by atoms with E-state index in [4.69, 9.17) is 10.7 Å². The summed E-state index contributed by atoms with van der Waals surface area (Å²) >= 11 is 1.72. The van der Waals surface area contributed by atoms with Crippen LogP contribution in [0.1, 0.15) is 48.0 Å². The minimum Gasteiger partial charge on any atom is -0.340 e. The fourth-order valence-electron chi connectivity index (χ4n) is 3.05. The molecule has 25 heavy (non-hydrogen) atoms. The Balaban J connectivity index is 0.00000156. The van der Waals surface area contributed by atoms with Crippen LogP contribution in [0.2, 0.25) is 0 Å². The van der Waals surface area contributed by atoms with Crippen LogP contribution in [0, 0.1) is 0 Å². The van der Waals surface area contributed by atoms with E-state index in [0.29, 0.717) is 5.92 Å². The quantitative estimate of drug-likeness (QED) is 0.842. The number of carbonyl (C=O) groups excluding carboxylic acids is 1. The summed E-state index contributed by atoms with van der Waals surface area (Å²) in [5.41, 5.74) is 8.20. The number of nitrogens with zero attached hydrogens (tertiary/aromatic N) is 2. The molecular formula is C18H25Cl2N3OS. The van der Waals surface area contributed by atoms with E-state index in [0.717, 1.165) is 48.6 Å². The van der Waals surface area contributed by atoms with Crippen molar-refractivity contribution in [3.63, 3.8) is 0 Å². The Morgan fingerprint density at radius 2 is 2.08 bits per heavy atom. The monoisotopic (exact) mass is 401 g/mol. The molecule has 1 fully saturated rings. The fourth-order valence-corrected chi connectivity index (χ4v) is 4.08. The Morgan fingerprint density at radius 1 is 1.36 bits per heavy atom. The van der Waals surface area contributed by atoms with Gasteiger partial charge in [-0.3, -0.25) is 4.79 Å². The van der Waals surface area contributed by atoms with Gasteiger partial charge >= 0.3 is 0 Å². The third-order valence-corrected chi connectivity index (χ3v) is 5.49. The molecule has 0 radical (unpaired) electrons. The number of piperidine rings is 1. The number of hydrogen-bond acceptors (Lipinski definition) is 4. The summed E-state index contributed by atoms with van der Waals surface area (Å²) in [6, 6.07) is 9.03. The molecule has 0 aliphatic carbocycles. The summed E-state index contributed by atoms with van der Waals surface area (Å²) in [6.45, 7) is 3.65. The van der Waals surface area contributed by atoms with Crippen LogP contribution < -0.4 is 5.73 Å². The van der Waals surface area contributed by atoms with Gasteiger partial charge in [0.2, 0.25) is 5.91 Å². The van der Waals surface area contributed by atoms with Gasteiger partial charge in [-0.2, -0.15) is 0 Å². The molecule has 0 spiro atoms. The summed E-state index contributed by atoms with van der Waals surface area (Å²) in [6.07, 6.45) is 3.07. The van der Waals surface area contributed by atoms with Crippen LogP contribution in [0.25, 0.3) is 0 Å². The number of nitrogens with two attached hydrogens (primary N) is 1. The normalized spacial score (nSPS) is 18.0. The molecule has 1 aliphatic heterocycles. The number of aryl methyl sites for hydroxylation is 1. The molecule has 1 aliphatic rings. The molecule has 2 N–H and O–H groups in total. The maximum absolute atomic E-state index is 12.7. The third-order valence-electron chi connectivity index (χ3n) is 4.44. The Bertz CT molecular complexity index is 665. The van der Waals surface area contributed by atoms with Gasteiger partial charge in [0.1, 0.15) is 6.04 Å². The highest BCUT2D eigenvalue weighted by molar-refractivity contribution is 7.09. The number of halogens is 2. The van der Waals surface area contributed by atoms with E-state index in [1.165, 1.54) is 0 Å². The summed E-state index contributed by atoms with van der Waals surface area (Å²) in [4.78, 5) is 19.3. The third kappa shape index (κ3) is 5.17. The van der Waals surface area contributed by atoms with Crippen LogP contribution in [0.15, 0.2) is 35.7 Å². The van der Waals surface area contributed by atoms with Crippen LogP contribution in [0.3, 0.4) is 0 Å². The minimum absolute atomic E-state index is 0. The topological polar surface area (TPSA) is 59.2 Å². The van der Waals surface area contributed by atoms with E-state index in [-0.39, 0.29) is 30.7 Å². The van der Waals surface area contributed by atoms with Gasteiger partial charge in [-0.15, -0.1) is 36.2 Å². The molecule has 4 nitrogen and oxygen atoms in total. The molecule has 2 unspecified atom stereocenters. The molecule has 2 aromatic rings. The second-order valence-corrected chi connectivity index (χ2v) is 6.93. The van der Waals surface area contributed by atoms with E-state index < -0.39 is 6.04 Å². The molecule has 1 aromatic carbocycles. The largest absolute Gasteiger partial charge is 0.340 e. The van der Waals surface area contributed by atoms with E-state index >= 15 is 0 Å². The lowest BCUT2D eigenvalue weighted by atomic mass is 9.97. The molecule has 1 amide bonds. The first-order valence-electron chi connectivity index (χ1n) is 8.22. The number of benzene rings is 1. The number of carbonyl (C=O) groups is 1. The number of thiazole rings is 1. The molecule has 2 heterocycles. The number of rotatable bonds is 4. The van der Waals surface area contributed by atoms with Crippen molar-refractivity contribution in [1.29, 1.82) is 0 Å². The minimum atomic E-state index is -0.572. The van der Waals surface area contributed by atoms with Gasteiger partial charge in [-0.1, -0.05) is 37.3 Å². The molecule has 138 valence electrons. The summed E-state index contributed by atoms with van der Waals surface area (Å²) < 4.78 is 0. The first-order chi connectivity index (χ1) is 11.2. The van der Waals surface area contributed by atoms with Crippen molar-refractivity contribution in [2.45, 2.75) is 38.1 Å². The van der Waals surface area contributed by atoms with Gasteiger partial charge in [0.15, 0.2) is 0 Å². The SMILES string of the molecule is CCc1csc(C2CCCN(C(=O)C(N)c3ccccc3)C2)n1.Cl.Cl. The maximum atomic E-state index is 12.7. The first-order valence-corrected chi connectivity index (χ1v) is 9.10. The van der Waals surface area contributed by atoms with Crippen LogP contribution in [0.5, 0.6) is 0 Å². The van der Waals surface area contributed by atoms with Crippen molar-refractivity contribution in [2.24, 2.45) is 5.73 Å². The van der Waals surface area contributed by atoms with Crippen molar-refractivity contribution in [3.05, 3.63) is 52.0 Å². The van der Waals surface area contributed by atoms with Gasteiger partial charge in [0.05, 0.1) is 10.7 Å². The molecule has 7 heteroatoms. The standard InChI is InChI=1S/C18H23N3OS.2ClH/c1-2-15-12-23-17(20-15)14-9-6-10-21(11-14)18(22)16(19)13-7-4-3-5-8-13;;/h3-5,7-8,12,14,16H,2,6,9-11,19H2,1H3;2*1H. The van der Waals surface area contributed by atoms with Crippen LogP contribution in [0.4, 0.5) is 0 Å². The summed E-state index contributed by atoms with van der Waals surface area (Å²) in [7, 11) is 0. The zero-order chi connectivity index (χ0) is 16.2. The first kappa shape index (κ1) is 21.9. The highest BCUT2D eigenvalue weighted by Crippen LogP contribution is 2.30. The summed E-state index contributed by atoms with van der Waals surface area (Å²) in [5, 5.41) is 3.29. The number of amides is 1. The zero-order valence-electron chi connectivity index (χ0n) is 14.3. The predicted octanol–water partition coefficient (Wildman–Crippen LogP) is 3.96. The Kier molecular flexibility index (Phi) is 8.86. The van der Waals surface area contributed by atoms with E-state index in [9.17, 15) is 4.79 Å². The van der Waals surface area contributed by atoms with Gasteiger partial charge in [0.25, 0.3) is 0 Å². The Hall–Kier alpha value is -1.14. The van der Waals surface area contributed by atoms with Crippen LogP contribution in [-0.4, -0.2) is 28.9 Å². The number of likely N-dealkylation sites (tertiary alicyclic amines) is 1. The van der Waals surface area contributed by atoms with Crippen molar-refractivity contribution in [3.8, 4) is 0 Å². The molecular weight excluding hydrogens is 377 g/mol. The van der Waals surface area contributed by atoms with Gasteiger partial charge < -0.3 is 10.6 Å². The zero-order valence-corrected chi connectivity index (χ0v) is 16.7. The molecule has 0 bridgehead atoms. The lowest BCUT2D eigenvalue weighted by Gasteiger charge is -2.33. The molecule has 3 rings (SSSR count). The van der Waals surface area contributed by atoms with Gasteiger partial charge in [-0.05, 0) is 24.8 Å². The second-order valence-electron chi connectivity index (χ2n) is 6.04.